The predicted octanol–water partition coefficient (Wildman–Crippen LogP) is 0.652. The highest BCUT2D eigenvalue weighted by Gasteiger charge is 2.28. The molecular formula is C11H10N2O3S. The van der Waals surface area contributed by atoms with Crippen molar-refractivity contribution in [3.05, 3.63) is 34.8 Å². The highest BCUT2D eigenvalue weighted by Crippen LogP contribution is 2.22. The van der Waals surface area contributed by atoms with Crippen LogP contribution in [0.4, 0.5) is 0 Å². The summed E-state index contributed by atoms with van der Waals surface area (Å²) < 4.78 is 5.30. The molecule has 2 amide bonds. The Balaban J connectivity index is 2.50. The minimum absolute atomic E-state index is 0.0258. The highest BCUT2D eigenvalue weighted by atomic mass is 32.1. The van der Waals surface area contributed by atoms with Crippen LogP contribution in [0.15, 0.2) is 34.8 Å². The van der Waals surface area contributed by atoms with Gasteiger partial charge in [0.15, 0.2) is 5.11 Å². The lowest BCUT2D eigenvalue weighted by Crippen LogP contribution is -2.51. The monoisotopic (exact) mass is 250 g/mol. The second-order valence-electron chi connectivity index (χ2n) is 3.68. The Bertz CT molecular complexity index is 487. The lowest BCUT2D eigenvalue weighted by Gasteiger charge is -2.20. The number of nitrogens with one attached hydrogen (secondary N) is 2. The third-order valence-electron chi connectivity index (χ3n) is 2.24. The van der Waals surface area contributed by atoms with E-state index < -0.39 is 11.8 Å². The zero-order chi connectivity index (χ0) is 12.6. The zero-order valence-electron chi connectivity index (χ0n) is 9.29. The molecule has 2 rings (SSSR count). The molecule has 88 valence electrons. The minimum atomic E-state index is -0.497. The maximum absolute atomic E-state index is 11.7. The quantitative estimate of drug-likeness (QED) is 0.376. The molecule has 0 bridgehead atoms. The molecule has 1 fully saturated rings. The van der Waals surface area contributed by atoms with Crippen molar-refractivity contribution < 1.29 is 14.3 Å². The van der Waals surface area contributed by atoms with Crippen LogP contribution in [-0.4, -0.2) is 16.9 Å². The van der Waals surface area contributed by atoms with E-state index in [0.717, 1.165) is 0 Å². The van der Waals surface area contributed by atoms with Crippen LogP contribution in [0.1, 0.15) is 13.8 Å². The van der Waals surface area contributed by atoms with Gasteiger partial charge < -0.3 is 4.74 Å². The van der Waals surface area contributed by atoms with Crippen molar-refractivity contribution in [2.45, 2.75) is 13.8 Å². The molecule has 1 saturated heterocycles. The van der Waals surface area contributed by atoms with Crippen molar-refractivity contribution in [2.24, 2.45) is 0 Å². The third kappa shape index (κ3) is 2.26. The van der Waals surface area contributed by atoms with E-state index in [2.05, 4.69) is 10.6 Å². The van der Waals surface area contributed by atoms with Gasteiger partial charge in [-0.15, -0.1) is 0 Å². The molecule has 0 saturated carbocycles. The van der Waals surface area contributed by atoms with Gasteiger partial charge in [0.05, 0.1) is 0 Å². The number of ether oxygens (including phenoxy) is 1. The summed E-state index contributed by atoms with van der Waals surface area (Å²) in [5.41, 5.74) is 0.560. The van der Waals surface area contributed by atoms with Gasteiger partial charge in [0, 0.05) is 0 Å². The lowest BCUT2D eigenvalue weighted by molar-refractivity contribution is -0.123. The van der Waals surface area contributed by atoms with Crippen LogP contribution < -0.4 is 10.6 Å². The van der Waals surface area contributed by atoms with Gasteiger partial charge in [-0.3, -0.25) is 20.2 Å². The normalized spacial score (nSPS) is 20.2. The first-order chi connectivity index (χ1) is 7.97. The van der Waals surface area contributed by atoms with Crippen molar-refractivity contribution in [3.8, 4) is 0 Å². The molecule has 0 aromatic rings. The summed E-state index contributed by atoms with van der Waals surface area (Å²) >= 11 is 4.72. The molecule has 0 aromatic carbocycles. The first kappa shape index (κ1) is 11.5. The Morgan fingerprint density at radius 2 is 1.53 bits per heavy atom. The number of rotatable bonds is 0. The molecule has 0 aromatic heterocycles. The summed E-state index contributed by atoms with van der Waals surface area (Å²) in [5, 5.41) is 4.81. The van der Waals surface area contributed by atoms with E-state index >= 15 is 0 Å². The third-order valence-corrected chi connectivity index (χ3v) is 2.44. The first-order valence-electron chi connectivity index (χ1n) is 4.93. The average Bonchev–Trinajstić information content (AvgIpc) is 2.13. The molecule has 17 heavy (non-hydrogen) atoms. The molecule has 5 nitrogen and oxygen atoms in total. The number of hydrogen-bond acceptors (Lipinski definition) is 4. The van der Waals surface area contributed by atoms with Crippen LogP contribution in [0.2, 0.25) is 0 Å². The van der Waals surface area contributed by atoms with Crippen LogP contribution in [0, 0.1) is 0 Å². The summed E-state index contributed by atoms with van der Waals surface area (Å²) in [7, 11) is 0. The fraction of sp³-hybridized carbons (Fsp3) is 0.182. The van der Waals surface area contributed by atoms with E-state index in [4.69, 9.17) is 17.0 Å². The molecule has 0 radical (unpaired) electrons. The SMILES string of the molecule is CC1=CC(=C2C(=O)NC(=S)NC2=O)C=C(C)O1. The van der Waals surface area contributed by atoms with Crippen molar-refractivity contribution in [3.63, 3.8) is 0 Å². The van der Waals surface area contributed by atoms with Gasteiger partial charge in [-0.1, -0.05) is 0 Å². The van der Waals surface area contributed by atoms with E-state index in [0.29, 0.717) is 17.1 Å². The summed E-state index contributed by atoms with van der Waals surface area (Å²) in [6, 6.07) is 0. The average molecular weight is 250 g/mol. The van der Waals surface area contributed by atoms with Crippen LogP contribution in [-0.2, 0) is 14.3 Å². The number of allylic oxidation sites excluding steroid dienone is 5. The van der Waals surface area contributed by atoms with E-state index in [1.54, 1.807) is 26.0 Å². The molecule has 0 unspecified atom stereocenters. The summed E-state index contributed by atoms with van der Waals surface area (Å²) in [6.07, 6.45) is 3.27. The highest BCUT2D eigenvalue weighted by molar-refractivity contribution is 7.80. The summed E-state index contributed by atoms with van der Waals surface area (Å²) in [4.78, 5) is 23.4. The summed E-state index contributed by atoms with van der Waals surface area (Å²) in [6.45, 7) is 3.50. The van der Waals surface area contributed by atoms with Crippen LogP contribution in [0.25, 0.3) is 0 Å². The second kappa shape index (κ2) is 4.14. The van der Waals surface area contributed by atoms with Gasteiger partial charge >= 0.3 is 0 Å². The van der Waals surface area contributed by atoms with Crippen molar-refractivity contribution in [1.82, 2.24) is 10.6 Å². The van der Waals surface area contributed by atoms with E-state index in [1.165, 1.54) is 0 Å². The van der Waals surface area contributed by atoms with Gasteiger partial charge in [-0.05, 0) is 43.8 Å². The Hall–Kier alpha value is -1.95. The van der Waals surface area contributed by atoms with E-state index in [1.807, 2.05) is 0 Å². The smallest absolute Gasteiger partial charge is 0.263 e. The fourth-order valence-electron chi connectivity index (χ4n) is 1.66. The van der Waals surface area contributed by atoms with Crippen molar-refractivity contribution in [1.29, 1.82) is 0 Å². The molecule has 0 spiro atoms. The first-order valence-corrected chi connectivity index (χ1v) is 5.33. The molecule has 6 heteroatoms. The molecule has 2 aliphatic rings. The fourth-order valence-corrected chi connectivity index (χ4v) is 1.85. The summed E-state index contributed by atoms with van der Waals surface area (Å²) in [5.74, 6) is 0.259. The second-order valence-corrected chi connectivity index (χ2v) is 4.09. The Morgan fingerprint density at radius 3 is 2.00 bits per heavy atom. The molecule has 0 atom stereocenters. The Morgan fingerprint density at radius 1 is 1.06 bits per heavy atom. The van der Waals surface area contributed by atoms with Gasteiger partial charge in [-0.25, -0.2) is 0 Å². The van der Waals surface area contributed by atoms with Crippen LogP contribution in [0.3, 0.4) is 0 Å². The Kier molecular flexibility index (Phi) is 2.81. The number of carbonyl (C=O) groups is 2. The molecular weight excluding hydrogens is 240 g/mol. The zero-order valence-corrected chi connectivity index (χ0v) is 10.1. The predicted molar refractivity (Wildman–Crippen MR) is 64.5 cm³/mol. The molecule has 2 heterocycles. The molecule has 2 N–H and O–H groups in total. The van der Waals surface area contributed by atoms with E-state index in [9.17, 15) is 9.59 Å². The maximum atomic E-state index is 11.7. The van der Waals surface area contributed by atoms with Gasteiger partial charge in [0.25, 0.3) is 11.8 Å². The Labute approximate surface area is 103 Å². The number of carbonyl (C=O) groups excluding carboxylic acids is 2. The standard InChI is InChI=1S/C11H10N2O3S/c1-5-3-7(4-6(2)16-5)8-9(14)12-11(17)13-10(8)15/h3-4H,1-2H3,(H2,12,13,14,15,17). The maximum Gasteiger partial charge on any atom is 0.263 e. The van der Waals surface area contributed by atoms with E-state index in [-0.39, 0.29) is 10.7 Å². The minimum Gasteiger partial charge on any atom is -0.467 e. The largest absolute Gasteiger partial charge is 0.467 e. The number of thiocarbonyl (C=S) groups is 1. The van der Waals surface area contributed by atoms with Crippen LogP contribution in [0.5, 0.6) is 0 Å². The molecule has 2 aliphatic heterocycles. The number of amides is 2. The van der Waals surface area contributed by atoms with Crippen molar-refractivity contribution >= 4 is 29.1 Å². The van der Waals surface area contributed by atoms with Gasteiger partial charge in [-0.2, -0.15) is 0 Å². The lowest BCUT2D eigenvalue weighted by atomic mass is 10.0. The van der Waals surface area contributed by atoms with Crippen molar-refractivity contribution in [2.75, 3.05) is 0 Å². The molecule has 0 aliphatic carbocycles. The number of hydrogen-bond donors (Lipinski definition) is 2. The van der Waals surface area contributed by atoms with Gasteiger partial charge in [0.1, 0.15) is 17.1 Å². The van der Waals surface area contributed by atoms with Crippen LogP contribution >= 0.6 is 12.2 Å². The van der Waals surface area contributed by atoms with Gasteiger partial charge in [0.2, 0.25) is 0 Å². The topological polar surface area (TPSA) is 67.4 Å².